The molecule has 0 radical (unpaired) electrons. The van der Waals surface area contributed by atoms with E-state index in [1.54, 1.807) is 0 Å². The number of carbonyl (C=O) groups excluding carboxylic acids is 1. The lowest BCUT2D eigenvalue weighted by Crippen LogP contribution is -2.41. The highest BCUT2D eigenvalue weighted by Crippen LogP contribution is 2.25. The number of hydrogen-bond donors (Lipinski definition) is 3. The van der Waals surface area contributed by atoms with E-state index >= 15 is 0 Å². The summed E-state index contributed by atoms with van der Waals surface area (Å²) in [6.07, 6.45) is 0. The first-order valence-electron chi connectivity index (χ1n) is 4.24. The molecular weight excluding hydrogens is 326 g/mol. The Morgan fingerprint density at radius 3 is 2.73 bits per heavy atom. The van der Waals surface area contributed by atoms with Crippen molar-refractivity contribution in [1.82, 2.24) is 0 Å². The highest BCUT2D eigenvalue weighted by atomic mass is 79.9. The number of amides is 1. The minimum Gasteiger partial charge on any atom is -0.382 e. The highest BCUT2D eigenvalue weighted by Gasteiger charge is 2.09. The number of anilines is 1. The summed E-state index contributed by atoms with van der Waals surface area (Å²) in [6, 6.07) is 5.00. The molecule has 0 aliphatic carbocycles. The summed E-state index contributed by atoms with van der Waals surface area (Å²) in [5.41, 5.74) is 11.4. The average molecular weight is 337 g/mol. The van der Waals surface area contributed by atoms with Crippen LogP contribution in [0.4, 0.5) is 5.69 Å². The topological polar surface area (TPSA) is 81.1 Å². The maximum absolute atomic E-state index is 10.7. The zero-order valence-electron chi connectivity index (χ0n) is 7.84. The molecular formula is C9H11Br2N3O. The Kier molecular flexibility index (Phi) is 4.56. The van der Waals surface area contributed by atoms with Gasteiger partial charge < -0.3 is 16.8 Å². The van der Waals surface area contributed by atoms with Gasteiger partial charge in [-0.2, -0.15) is 0 Å². The molecule has 4 nitrogen and oxygen atoms in total. The van der Waals surface area contributed by atoms with Gasteiger partial charge in [0.15, 0.2) is 0 Å². The first-order valence-corrected chi connectivity index (χ1v) is 5.83. The van der Waals surface area contributed by atoms with Gasteiger partial charge in [-0.25, -0.2) is 0 Å². The molecule has 1 aromatic rings. The lowest BCUT2D eigenvalue weighted by molar-refractivity contribution is -0.118. The molecule has 0 fully saturated rings. The number of hydrogen-bond acceptors (Lipinski definition) is 3. The highest BCUT2D eigenvalue weighted by molar-refractivity contribution is 9.11. The molecule has 0 aliphatic rings. The summed E-state index contributed by atoms with van der Waals surface area (Å²) < 4.78 is 1.85. The molecule has 0 aromatic heterocycles. The van der Waals surface area contributed by atoms with Crippen molar-refractivity contribution in [3.05, 3.63) is 27.1 Å². The van der Waals surface area contributed by atoms with Crippen molar-refractivity contribution in [3.63, 3.8) is 0 Å². The average Bonchev–Trinajstić information content (AvgIpc) is 2.18. The molecule has 82 valence electrons. The third kappa shape index (κ3) is 3.81. The lowest BCUT2D eigenvalue weighted by atomic mass is 10.2. The zero-order valence-corrected chi connectivity index (χ0v) is 11.0. The van der Waals surface area contributed by atoms with E-state index in [0.717, 1.165) is 14.6 Å². The van der Waals surface area contributed by atoms with E-state index in [9.17, 15) is 4.79 Å². The number of halogens is 2. The van der Waals surface area contributed by atoms with Crippen molar-refractivity contribution in [2.75, 3.05) is 11.9 Å². The summed E-state index contributed by atoms with van der Waals surface area (Å²) in [7, 11) is 0. The molecule has 1 amide bonds. The number of primary amides is 1. The minimum atomic E-state index is -0.684. The molecule has 0 saturated heterocycles. The normalized spacial score (nSPS) is 12.2. The molecule has 1 atom stereocenters. The molecule has 15 heavy (non-hydrogen) atoms. The van der Waals surface area contributed by atoms with Crippen molar-refractivity contribution in [3.8, 4) is 0 Å². The van der Waals surface area contributed by atoms with Crippen LogP contribution in [0.25, 0.3) is 0 Å². The second-order valence-corrected chi connectivity index (χ2v) is 4.78. The monoisotopic (exact) mass is 335 g/mol. The molecule has 1 aromatic carbocycles. The molecule has 0 aliphatic heterocycles. The smallest absolute Gasteiger partial charge is 0.236 e. The van der Waals surface area contributed by atoms with Crippen molar-refractivity contribution in [2.24, 2.45) is 11.5 Å². The van der Waals surface area contributed by atoms with Crippen LogP contribution in [-0.2, 0) is 4.79 Å². The van der Waals surface area contributed by atoms with Gasteiger partial charge in [0.25, 0.3) is 0 Å². The zero-order chi connectivity index (χ0) is 11.4. The van der Waals surface area contributed by atoms with E-state index in [1.807, 2.05) is 18.2 Å². The van der Waals surface area contributed by atoms with Crippen LogP contribution in [-0.4, -0.2) is 18.5 Å². The summed E-state index contributed by atoms with van der Waals surface area (Å²) in [6.45, 7) is 0.310. The van der Waals surface area contributed by atoms with E-state index in [2.05, 4.69) is 37.2 Å². The third-order valence-corrected chi connectivity index (χ3v) is 2.99. The SMILES string of the molecule is NC(=O)C(N)CNc1cc(Br)ccc1Br. The number of nitrogens with one attached hydrogen (secondary N) is 1. The van der Waals surface area contributed by atoms with E-state index in [4.69, 9.17) is 11.5 Å². The maximum Gasteiger partial charge on any atom is 0.236 e. The number of rotatable bonds is 4. The summed E-state index contributed by atoms with van der Waals surface area (Å²) in [5.74, 6) is -0.520. The minimum absolute atomic E-state index is 0.310. The van der Waals surface area contributed by atoms with Gasteiger partial charge in [-0.1, -0.05) is 15.9 Å². The predicted molar refractivity (Wildman–Crippen MR) is 67.5 cm³/mol. The summed E-state index contributed by atoms with van der Waals surface area (Å²) in [5, 5.41) is 3.03. The quantitative estimate of drug-likeness (QED) is 0.778. The first-order chi connectivity index (χ1) is 7.00. The lowest BCUT2D eigenvalue weighted by Gasteiger charge is -2.12. The molecule has 0 heterocycles. The second kappa shape index (κ2) is 5.48. The summed E-state index contributed by atoms with van der Waals surface area (Å²) >= 11 is 6.73. The second-order valence-electron chi connectivity index (χ2n) is 3.01. The Morgan fingerprint density at radius 1 is 1.47 bits per heavy atom. The predicted octanol–water partition coefficient (Wildman–Crippen LogP) is 1.44. The van der Waals surface area contributed by atoms with E-state index < -0.39 is 11.9 Å². The number of carbonyl (C=O) groups is 1. The Balaban J connectivity index is 2.65. The fourth-order valence-electron chi connectivity index (χ4n) is 0.953. The van der Waals surface area contributed by atoms with Gasteiger partial charge in [-0.05, 0) is 34.1 Å². The van der Waals surface area contributed by atoms with Crippen molar-refractivity contribution in [1.29, 1.82) is 0 Å². The van der Waals surface area contributed by atoms with E-state index in [1.165, 1.54) is 0 Å². The fraction of sp³-hybridized carbons (Fsp3) is 0.222. The van der Waals surface area contributed by atoms with Crippen LogP contribution in [0.15, 0.2) is 27.1 Å². The maximum atomic E-state index is 10.7. The molecule has 1 unspecified atom stereocenters. The van der Waals surface area contributed by atoms with Crippen molar-refractivity contribution in [2.45, 2.75) is 6.04 Å². The molecule has 0 saturated carbocycles. The molecule has 0 spiro atoms. The standard InChI is InChI=1S/C9H11Br2N3O/c10-5-1-2-6(11)8(3-5)14-4-7(12)9(13)15/h1-3,7,14H,4,12H2,(H2,13,15). The van der Waals surface area contributed by atoms with Gasteiger partial charge in [0.05, 0.1) is 0 Å². The van der Waals surface area contributed by atoms with Gasteiger partial charge >= 0.3 is 0 Å². The van der Waals surface area contributed by atoms with Crippen LogP contribution in [0.5, 0.6) is 0 Å². The Bertz CT molecular complexity index is 370. The number of benzene rings is 1. The Labute approximate surface area is 105 Å². The van der Waals surface area contributed by atoms with Gasteiger partial charge in [0.2, 0.25) is 5.91 Å². The molecule has 5 N–H and O–H groups in total. The molecule has 6 heteroatoms. The van der Waals surface area contributed by atoms with Gasteiger partial charge in [-0.3, -0.25) is 4.79 Å². The van der Waals surface area contributed by atoms with Crippen LogP contribution in [0, 0.1) is 0 Å². The molecule has 1 rings (SSSR count). The van der Waals surface area contributed by atoms with E-state index in [0.29, 0.717) is 6.54 Å². The Morgan fingerprint density at radius 2 is 2.13 bits per heavy atom. The van der Waals surface area contributed by atoms with Gasteiger partial charge in [-0.15, -0.1) is 0 Å². The fourth-order valence-corrected chi connectivity index (χ4v) is 1.70. The van der Waals surface area contributed by atoms with Crippen LogP contribution in [0.1, 0.15) is 0 Å². The van der Waals surface area contributed by atoms with Crippen molar-refractivity contribution < 1.29 is 4.79 Å². The van der Waals surface area contributed by atoms with Gasteiger partial charge in [0.1, 0.15) is 6.04 Å². The largest absolute Gasteiger partial charge is 0.382 e. The van der Waals surface area contributed by atoms with Crippen LogP contribution >= 0.6 is 31.9 Å². The van der Waals surface area contributed by atoms with Crippen LogP contribution in [0.3, 0.4) is 0 Å². The molecule has 0 bridgehead atoms. The summed E-state index contributed by atoms with van der Waals surface area (Å²) in [4.78, 5) is 10.7. The first kappa shape index (κ1) is 12.5. The van der Waals surface area contributed by atoms with Crippen LogP contribution in [0.2, 0.25) is 0 Å². The Hall–Kier alpha value is -0.590. The van der Waals surface area contributed by atoms with Gasteiger partial charge in [0, 0.05) is 21.2 Å². The van der Waals surface area contributed by atoms with Crippen molar-refractivity contribution >= 4 is 43.5 Å². The van der Waals surface area contributed by atoms with E-state index in [-0.39, 0.29) is 0 Å². The van der Waals surface area contributed by atoms with Crippen LogP contribution < -0.4 is 16.8 Å². The number of nitrogens with two attached hydrogens (primary N) is 2. The third-order valence-electron chi connectivity index (χ3n) is 1.81.